The normalized spacial score (nSPS) is 23.9. The molecular formula is C37H27IN2O7. The van der Waals surface area contributed by atoms with Gasteiger partial charge in [0.25, 0.3) is 0 Å². The highest BCUT2D eigenvalue weighted by molar-refractivity contribution is 14.1. The summed E-state index contributed by atoms with van der Waals surface area (Å²) in [6, 6.07) is 17.9. The fourth-order valence-corrected chi connectivity index (χ4v) is 8.31. The van der Waals surface area contributed by atoms with Crippen LogP contribution in [0.15, 0.2) is 99.5 Å². The molecule has 2 amide bonds. The number of oxazole rings is 1. The standard InChI is InChI=1S/C37H27IN2O7/c1-17-13-27(41)32-24(33(17)42)16-23-21(30(32)19-14-25(38)34(43)29(15-19)46-2)11-12-22-31(23)37(45)40(36(22)44)20-9-7-18(8-10-20)35-39-26-5-3-4-6-28(26)47-35/h3-11,13-15,22-23,30-31,43H,12,16H2,1-2H3. The van der Waals surface area contributed by atoms with E-state index in [0.717, 1.165) is 11.1 Å². The molecule has 3 aliphatic carbocycles. The van der Waals surface area contributed by atoms with Crippen LogP contribution in [0.5, 0.6) is 11.5 Å². The van der Waals surface area contributed by atoms with Crippen LogP contribution in [0.25, 0.3) is 22.6 Å². The average Bonchev–Trinajstić information content (AvgIpc) is 3.62. The molecule has 1 aromatic heterocycles. The Kier molecular flexibility index (Phi) is 6.83. The number of para-hydroxylation sites is 2. The van der Waals surface area contributed by atoms with Gasteiger partial charge in [0, 0.05) is 28.2 Å². The van der Waals surface area contributed by atoms with Crippen molar-refractivity contribution in [3.8, 4) is 23.0 Å². The van der Waals surface area contributed by atoms with Gasteiger partial charge in [-0.1, -0.05) is 23.8 Å². The fraction of sp³-hybridized carbons (Fsp3) is 0.216. The minimum absolute atomic E-state index is 0.0211. The summed E-state index contributed by atoms with van der Waals surface area (Å²) in [6.07, 6.45) is 3.85. The molecule has 234 valence electrons. The van der Waals surface area contributed by atoms with Crippen LogP contribution >= 0.6 is 22.6 Å². The molecule has 4 aliphatic rings. The number of fused-ring (bicyclic) bond motifs is 4. The number of carbonyl (C=O) groups is 4. The Morgan fingerprint density at radius 1 is 1.00 bits per heavy atom. The van der Waals surface area contributed by atoms with E-state index in [1.165, 1.54) is 18.1 Å². The van der Waals surface area contributed by atoms with Gasteiger partial charge in [-0.15, -0.1) is 0 Å². The topological polar surface area (TPSA) is 127 Å². The Morgan fingerprint density at radius 2 is 1.77 bits per heavy atom. The number of aromatic nitrogens is 1. The van der Waals surface area contributed by atoms with E-state index < -0.39 is 23.7 Å². The minimum Gasteiger partial charge on any atom is -0.504 e. The molecule has 1 saturated heterocycles. The zero-order chi connectivity index (χ0) is 32.7. The lowest BCUT2D eigenvalue weighted by molar-refractivity contribution is -0.123. The van der Waals surface area contributed by atoms with E-state index in [4.69, 9.17) is 9.15 Å². The molecule has 4 atom stereocenters. The molecule has 2 heterocycles. The molecule has 0 radical (unpaired) electrons. The van der Waals surface area contributed by atoms with Crippen molar-refractivity contribution in [3.63, 3.8) is 0 Å². The second-order valence-corrected chi connectivity index (χ2v) is 13.5. The number of rotatable bonds is 4. The third-order valence-corrected chi connectivity index (χ3v) is 10.7. The molecule has 4 aromatic rings. The van der Waals surface area contributed by atoms with Crippen LogP contribution in [0.4, 0.5) is 5.69 Å². The molecule has 47 heavy (non-hydrogen) atoms. The molecule has 10 heteroatoms. The first-order chi connectivity index (χ1) is 22.7. The average molecular weight is 739 g/mol. The number of nitrogens with zero attached hydrogens (tertiary/aromatic N) is 2. The highest BCUT2D eigenvalue weighted by atomic mass is 127. The summed E-state index contributed by atoms with van der Waals surface area (Å²) in [5, 5.41) is 10.6. The van der Waals surface area contributed by atoms with Crippen LogP contribution in [-0.2, 0) is 19.2 Å². The molecule has 0 bridgehead atoms. The van der Waals surface area contributed by atoms with Crippen molar-refractivity contribution in [1.82, 2.24) is 4.98 Å². The zero-order valence-electron chi connectivity index (χ0n) is 25.3. The molecule has 0 spiro atoms. The first kappa shape index (κ1) is 29.6. The van der Waals surface area contributed by atoms with Crippen LogP contribution in [0, 0.1) is 21.3 Å². The van der Waals surface area contributed by atoms with Gasteiger partial charge in [-0.2, -0.15) is 0 Å². The summed E-state index contributed by atoms with van der Waals surface area (Å²) in [5.41, 5.74) is 5.17. The smallest absolute Gasteiger partial charge is 0.238 e. The maximum absolute atomic E-state index is 14.3. The monoisotopic (exact) mass is 738 g/mol. The van der Waals surface area contributed by atoms with E-state index in [2.05, 4.69) is 4.98 Å². The number of methoxy groups -OCH3 is 1. The predicted molar refractivity (Wildman–Crippen MR) is 181 cm³/mol. The van der Waals surface area contributed by atoms with Crippen molar-refractivity contribution in [1.29, 1.82) is 0 Å². The summed E-state index contributed by atoms with van der Waals surface area (Å²) in [5.74, 6) is -2.85. The molecule has 0 saturated carbocycles. The number of ketones is 2. The number of ether oxygens (including phenoxy) is 1. The van der Waals surface area contributed by atoms with Crippen molar-refractivity contribution < 1.29 is 33.4 Å². The quantitative estimate of drug-likeness (QED) is 0.110. The minimum atomic E-state index is -0.706. The molecule has 1 N–H and O–H groups in total. The first-order valence-corrected chi connectivity index (χ1v) is 16.3. The number of aromatic hydroxyl groups is 1. The Morgan fingerprint density at radius 3 is 2.51 bits per heavy atom. The van der Waals surface area contributed by atoms with Crippen LogP contribution in [-0.4, -0.2) is 40.6 Å². The lowest BCUT2D eigenvalue weighted by Gasteiger charge is -2.42. The number of halogens is 1. The van der Waals surface area contributed by atoms with E-state index in [9.17, 15) is 24.3 Å². The maximum Gasteiger partial charge on any atom is 0.238 e. The van der Waals surface area contributed by atoms with E-state index in [1.54, 1.807) is 43.3 Å². The lowest BCUT2D eigenvalue weighted by atomic mass is 9.59. The number of imide groups is 1. The SMILES string of the molecule is COc1cc(C2C3=CCC4C(=O)N(c5ccc(-c6nc7ccccc7o6)cc5)C(=O)C4C3CC3=C2C(=O)C=C(C)C3=O)cc(I)c1O. The van der Waals surface area contributed by atoms with Gasteiger partial charge in [-0.3, -0.25) is 24.1 Å². The lowest BCUT2D eigenvalue weighted by Crippen LogP contribution is -2.39. The van der Waals surface area contributed by atoms with Crippen molar-refractivity contribution in [2.45, 2.75) is 25.7 Å². The van der Waals surface area contributed by atoms with Gasteiger partial charge in [0.05, 0.1) is 28.2 Å². The maximum atomic E-state index is 14.3. The predicted octanol–water partition coefficient (Wildman–Crippen LogP) is 6.45. The third kappa shape index (κ3) is 4.45. The Balaban J connectivity index is 1.18. The number of Topliss-reactive ketones (excluding diaryl/α,β-unsaturated/α-hetero) is 1. The highest BCUT2D eigenvalue weighted by Crippen LogP contribution is 2.56. The number of carbonyl (C=O) groups excluding carboxylic acids is 4. The van der Waals surface area contributed by atoms with Gasteiger partial charge >= 0.3 is 0 Å². The van der Waals surface area contributed by atoms with Gasteiger partial charge in [0.2, 0.25) is 17.7 Å². The summed E-state index contributed by atoms with van der Waals surface area (Å²) < 4.78 is 11.9. The van der Waals surface area contributed by atoms with Crippen LogP contribution in [0.3, 0.4) is 0 Å². The number of hydrogen-bond acceptors (Lipinski definition) is 8. The number of phenols is 1. The van der Waals surface area contributed by atoms with Crippen molar-refractivity contribution in [3.05, 3.63) is 104 Å². The van der Waals surface area contributed by atoms with Crippen molar-refractivity contribution in [2.75, 3.05) is 12.0 Å². The van der Waals surface area contributed by atoms with Gasteiger partial charge in [-0.25, -0.2) is 4.98 Å². The number of anilines is 1. The van der Waals surface area contributed by atoms with E-state index in [-0.39, 0.29) is 41.3 Å². The summed E-state index contributed by atoms with van der Waals surface area (Å²) in [7, 11) is 1.45. The van der Waals surface area contributed by atoms with Crippen LogP contribution in [0.2, 0.25) is 0 Å². The Bertz CT molecular complexity index is 2140. The molecule has 4 unspecified atom stereocenters. The largest absolute Gasteiger partial charge is 0.504 e. The van der Waals surface area contributed by atoms with E-state index in [1.807, 2.05) is 52.9 Å². The molecule has 3 aromatic carbocycles. The fourth-order valence-electron chi connectivity index (χ4n) is 7.68. The molecule has 9 nitrogen and oxygen atoms in total. The first-order valence-electron chi connectivity index (χ1n) is 15.3. The number of phenolic OH excluding ortho intramolecular Hbond substituents is 1. The number of benzene rings is 3. The van der Waals surface area contributed by atoms with Gasteiger partial charge in [0.15, 0.2) is 28.6 Å². The number of amides is 2. The van der Waals surface area contributed by atoms with Crippen LogP contribution < -0.4 is 9.64 Å². The van der Waals surface area contributed by atoms with Gasteiger partial charge in [0.1, 0.15) is 5.52 Å². The number of hydrogen-bond donors (Lipinski definition) is 1. The summed E-state index contributed by atoms with van der Waals surface area (Å²) in [6.45, 7) is 1.62. The molecule has 8 rings (SSSR count). The number of allylic oxidation sites excluding steroid dienone is 6. The molecule has 1 fully saturated rings. The highest BCUT2D eigenvalue weighted by Gasteiger charge is 2.56. The van der Waals surface area contributed by atoms with E-state index >= 15 is 0 Å². The van der Waals surface area contributed by atoms with Gasteiger partial charge < -0.3 is 14.3 Å². The Labute approximate surface area is 282 Å². The summed E-state index contributed by atoms with van der Waals surface area (Å²) in [4.78, 5) is 61.2. The van der Waals surface area contributed by atoms with Gasteiger partial charge in [-0.05, 0) is 108 Å². The van der Waals surface area contributed by atoms with Crippen molar-refractivity contribution >= 4 is 62.8 Å². The second kappa shape index (κ2) is 10.9. The summed E-state index contributed by atoms with van der Waals surface area (Å²) >= 11 is 2.01. The molecule has 1 aliphatic heterocycles. The molecular weight excluding hydrogens is 711 g/mol. The van der Waals surface area contributed by atoms with Crippen LogP contribution in [0.1, 0.15) is 31.2 Å². The van der Waals surface area contributed by atoms with Crippen molar-refractivity contribution in [2.24, 2.45) is 17.8 Å². The van der Waals surface area contributed by atoms with E-state index in [0.29, 0.717) is 55.0 Å². The Hall–Kier alpha value is -4.84. The second-order valence-electron chi connectivity index (χ2n) is 12.3. The zero-order valence-corrected chi connectivity index (χ0v) is 27.5. The third-order valence-electron chi connectivity index (χ3n) is 9.83.